The van der Waals surface area contributed by atoms with Gasteiger partial charge >= 0.3 is 0 Å². The largest absolute Gasteiger partial charge is 0.387 e. The van der Waals surface area contributed by atoms with Crippen LogP contribution in [-0.2, 0) is 28.0 Å². The third kappa shape index (κ3) is 3.76. The highest BCUT2D eigenvalue weighted by molar-refractivity contribution is 6.31. The van der Waals surface area contributed by atoms with Crippen molar-refractivity contribution in [3.05, 3.63) is 51.3 Å². The maximum atomic E-state index is 13.6. The average Bonchev–Trinajstić information content (AvgIpc) is 3.64. The van der Waals surface area contributed by atoms with E-state index >= 15 is 0 Å². The Balaban J connectivity index is 1.05. The lowest BCUT2D eigenvalue weighted by Crippen LogP contribution is -2.51. The molecule has 2 saturated heterocycles. The Morgan fingerprint density at radius 3 is 2.36 bits per heavy atom. The van der Waals surface area contributed by atoms with Crippen LogP contribution in [0.2, 0.25) is 5.02 Å². The first-order chi connectivity index (χ1) is 18.8. The highest BCUT2D eigenvalue weighted by Gasteiger charge is 2.87. The van der Waals surface area contributed by atoms with Crippen molar-refractivity contribution in [3.63, 3.8) is 0 Å². The number of hydrogen-bond donors (Lipinski definition) is 1. The lowest BCUT2D eigenvalue weighted by atomic mass is 9.87. The molecule has 10 heteroatoms. The minimum absolute atomic E-state index is 0.0564. The number of benzene rings is 1. The lowest BCUT2D eigenvalue weighted by molar-refractivity contribution is -0.135. The molecular formula is C29H34ClN5O4. The van der Waals surface area contributed by atoms with E-state index in [-0.39, 0.29) is 29.7 Å². The topological polar surface area (TPSA) is 99.0 Å². The zero-order valence-corrected chi connectivity index (χ0v) is 23.0. The second-order valence-corrected chi connectivity index (χ2v) is 12.6. The highest BCUT2D eigenvalue weighted by Crippen LogP contribution is 2.90. The van der Waals surface area contributed by atoms with E-state index in [0.29, 0.717) is 56.3 Å². The summed E-state index contributed by atoms with van der Waals surface area (Å²) < 4.78 is 1.82. The minimum atomic E-state index is -0.511. The van der Waals surface area contributed by atoms with E-state index in [1.807, 2.05) is 21.7 Å². The van der Waals surface area contributed by atoms with Gasteiger partial charge in [0.05, 0.1) is 0 Å². The first-order valence-electron chi connectivity index (χ1n) is 14.1. The average molecular weight is 552 g/mol. The molecule has 4 fully saturated rings. The zero-order valence-electron chi connectivity index (χ0n) is 22.3. The van der Waals surface area contributed by atoms with Gasteiger partial charge in [0, 0.05) is 61.0 Å². The van der Waals surface area contributed by atoms with Gasteiger partial charge in [0.1, 0.15) is 13.2 Å². The summed E-state index contributed by atoms with van der Waals surface area (Å²) in [6, 6.07) is 6.07. The number of amides is 3. The highest BCUT2D eigenvalue weighted by atomic mass is 35.5. The summed E-state index contributed by atoms with van der Waals surface area (Å²) in [6.45, 7) is 4.79. The molecule has 39 heavy (non-hydrogen) atoms. The summed E-state index contributed by atoms with van der Waals surface area (Å²) in [4.78, 5) is 44.2. The van der Waals surface area contributed by atoms with Crippen molar-refractivity contribution in [3.8, 4) is 0 Å². The van der Waals surface area contributed by atoms with Gasteiger partial charge < -0.3 is 19.8 Å². The summed E-state index contributed by atoms with van der Waals surface area (Å²) in [5.74, 6) is 0.0461. The third-order valence-electron chi connectivity index (χ3n) is 10.2. The van der Waals surface area contributed by atoms with E-state index in [1.165, 1.54) is 5.56 Å². The molecule has 3 aliphatic carbocycles. The summed E-state index contributed by atoms with van der Waals surface area (Å²) in [6.07, 6.45) is 4.98. The lowest BCUT2D eigenvalue weighted by Gasteiger charge is -2.34. The van der Waals surface area contributed by atoms with Crippen LogP contribution in [0.4, 0.5) is 0 Å². The van der Waals surface area contributed by atoms with Gasteiger partial charge in [0.25, 0.3) is 5.91 Å². The molecule has 7 rings (SSSR count). The zero-order chi connectivity index (χ0) is 27.1. The van der Waals surface area contributed by atoms with E-state index in [9.17, 15) is 14.4 Å². The van der Waals surface area contributed by atoms with Crippen LogP contribution >= 0.6 is 11.6 Å². The SMILES string of the molecule is Cc1c(Cl)cccc1C1CCN(C(=O)Cn2nc(C(=O)N3CCN(C(=O)CO)CC3)c3c2CC24CC32C4)CC1. The smallest absolute Gasteiger partial charge is 0.274 e. The number of halogens is 1. The fourth-order valence-corrected chi connectivity index (χ4v) is 7.86. The monoisotopic (exact) mass is 551 g/mol. The van der Waals surface area contributed by atoms with Gasteiger partial charge in [-0.05, 0) is 67.6 Å². The van der Waals surface area contributed by atoms with Crippen molar-refractivity contribution in [2.24, 2.45) is 5.41 Å². The predicted octanol–water partition coefficient (Wildman–Crippen LogP) is 2.12. The Labute approximate surface area is 232 Å². The number of aromatic nitrogens is 2. The van der Waals surface area contributed by atoms with Crippen LogP contribution in [0, 0.1) is 12.3 Å². The van der Waals surface area contributed by atoms with Crippen LogP contribution in [0.3, 0.4) is 0 Å². The van der Waals surface area contributed by atoms with Gasteiger partial charge in [-0.25, -0.2) is 0 Å². The third-order valence-corrected chi connectivity index (χ3v) is 10.6. The van der Waals surface area contributed by atoms with Crippen molar-refractivity contribution in [1.82, 2.24) is 24.5 Å². The van der Waals surface area contributed by atoms with Gasteiger partial charge in [0.15, 0.2) is 5.69 Å². The summed E-state index contributed by atoms with van der Waals surface area (Å²) in [5.41, 5.74) is 5.49. The van der Waals surface area contributed by atoms with E-state index in [1.54, 1.807) is 9.80 Å². The van der Waals surface area contributed by atoms with Crippen LogP contribution in [0.25, 0.3) is 0 Å². The fraction of sp³-hybridized carbons (Fsp3) is 0.586. The number of aliphatic hydroxyl groups is 1. The van der Waals surface area contributed by atoms with E-state index < -0.39 is 6.61 Å². The molecule has 2 aromatic rings. The molecule has 3 heterocycles. The van der Waals surface area contributed by atoms with Crippen molar-refractivity contribution in [2.75, 3.05) is 45.9 Å². The number of nitrogens with zero attached hydrogens (tertiary/aromatic N) is 5. The van der Waals surface area contributed by atoms with Gasteiger partial charge in [-0.3, -0.25) is 19.1 Å². The van der Waals surface area contributed by atoms with Crippen LogP contribution in [0.5, 0.6) is 0 Å². The number of piperazine rings is 1. The number of hydrogen-bond acceptors (Lipinski definition) is 5. The Bertz CT molecular complexity index is 1380. The number of carbonyl (C=O) groups excluding carboxylic acids is 3. The van der Waals surface area contributed by atoms with Gasteiger partial charge in [-0.15, -0.1) is 0 Å². The summed E-state index contributed by atoms with van der Waals surface area (Å²) in [7, 11) is 0. The molecule has 0 atom stereocenters. The van der Waals surface area contributed by atoms with Crippen molar-refractivity contribution in [1.29, 1.82) is 0 Å². The number of aliphatic hydroxyl groups excluding tert-OH is 1. The van der Waals surface area contributed by atoms with Crippen LogP contribution in [-0.4, -0.2) is 93.2 Å². The normalized spacial score (nSPS) is 27.2. The second-order valence-electron chi connectivity index (χ2n) is 12.2. The maximum Gasteiger partial charge on any atom is 0.274 e. The van der Waals surface area contributed by atoms with Gasteiger partial charge in [0.2, 0.25) is 11.8 Å². The molecule has 2 saturated carbocycles. The second kappa shape index (κ2) is 8.80. The Morgan fingerprint density at radius 1 is 1.00 bits per heavy atom. The fourth-order valence-electron chi connectivity index (χ4n) is 7.67. The molecule has 9 nitrogen and oxygen atoms in total. The summed E-state index contributed by atoms with van der Waals surface area (Å²) >= 11 is 6.35. The molecule has 206 valence electrons. The van der Waals surface area contributed by atoms with Crippen molar-refractivity contribution in [2.45, 2.75) is 56.9 Å². The summed E-state index contributed by atoms with van der Waals surface area (Å²) in [5, 5.41) is 14.7. The first-order valence-corrected chi connectivity index (χ1v) is 14.5. The van der Waals surface area contributed by atoms with Crippen molar-refractivity contribution < 1.29 is 19.5 Å². The molecule has 0 radical (unpaired) electrons. The molecule has 1 aromatic carbocycles. The Hall–Kier alpha value is -2.91. The number of likely N-dealkylation sites (tertiary alicyclic amines) is 1. The number of fused-ring (bicyclic) bond motifs is 1. The van der Waals surface area contributed by atoms with Gasteiger partial charge in [-0.2, -0.15) is 5.10 Å². The quantitative estimate of drug-likeness (QED) is 0.614. The van der Waals surface area contributed by atoms with Crippen LogP contribution < -0.4 is 0 Å². The molecule has 1 N–H and O–H groups in total. The minimum Gasteiger partial charge on any atom is -0.387 e. The number of piperidine rings is 1. The van der Waals surface area contributed by atoms with E-state index in [0.717, 1.165) is 53.9 Å². The first kappa shape index (κ1) is 25.1. The standard InChI is InChI=1S/C29H34ClN5O4/c1-18-20(3-2-4-21(18)30)19-5-7-32(8-6-19)23(37)14-35-22-13-28-16-29(28,17-28)25(22)26(31-35)27(39)34-11-9-33(10-12-34)24(38)15-36/h2-4,19,36H,5-17H2,1H3. The Morgan fingerprint density at radius 2 is 1.67 bits per heavy atom. The molecule has 0 spiro atoms. The van der Waals surface area contributed by atoms with Crippen LogP contribution in [0.15, 0.2) is 18.2 Å². The maximum absolute atomic E-state index is 13.6. The molecule has 0 unspecified atom stereocenters. The molecule has 3 amide bonds. The molecule has 1 aromatic heterocycles. The molecular weight excluding hydrogens is 518 g/mol. The predicted molar refractivity (Wildman–Crippen MR) is 144 cm³/mol. The molecule has 2 aliphatic heterocycles. The number of rotatable bonds is 5. The van der Waals surface area contributed by atoms with Crippen LogP contribution in [0.1, 0.15) is 64.5 Å². The van der Waals surface area contributed by atoms with Crippen molar-refractivity contribution >= 4 is 29.3 Å². The van der Waals surface area contributed by atoms with E-state index in [2.05, 4.69) is 13.0 Å². The molecule has 0 bridgehead atoms. The number of carbonyl (C=O) groups is 3. The Kier molecular flexibility index (Phi) is 5.66. The van der Waals surface area contributed by atoms with E-state index in [4.69, 9.17) is 21.8 Å². The van der Waals surface area contributed by atoms with Gasteiger partial charge in [-0.1, -0.05) is 23.7 Å². The molecule has 5 aliphatic rings.